The van der Waals surface area contributed by atoms with Gasteiger partial charge in [0.2, 0.25) is 0 Å². The predicted molar refractivity (Wildman–Crippen MR) is 81.0 cm³/mol. The summed E-state index contributed by atoms with van der Waals surface area (Å²) in [5, 5.41) is 0. The molecule has 0 amide bonds. The normalized spacial score (nSPS) is 12.8. The van der Waals surface area contributed by atoms with E-state index in [-0.39, 0.29) is 11.0 Å². The van der Waals surface area contributed by atoms with Crippen LogP contribution in [-0.4, -0.2) is 5.54 Å². The van der Waals surface area contributed by atoms with Crippen LogP contribution < -0.4 is 5.73 Å². The van der Waals surface area contributed by atoms with Crippen molar-refractivity contribution in [2.45, 2.75) is 71.3 Å². The van der Waals surface area contributed by atoms with E-state index < -0.39 is 0 Å². The molecule has 0 atom stereocenters. The highest BCUT2D eigenvalue weighted by atomic mass is 14.7. The van der Waals surface area contributed by atoms with Crippen molar-refractivity contribution < 1.29 is 0 Å². The van der Waals surface area contributed by atoms with E-state index in [0.717, 1.165) is 6.42 Å². The van der Waals surface area contributed by atoms with Gasteiger partial charge in [-0.3, -0.25) is 0 Å². The quantitative estimate of drug-likeness (QED) is 0.765. The molecule has 1 heteroatoms. The molecule has 0 aliphatic carbocycles. The third-order valence-corrected chi connectivity index (χ3v) is 3.36. The number of hydrogen-bond donors (Lipinski definition) is 1. The van der Waals surface area contributed by atoms with Crippen LogP contribution in [0.2, 0.25) is 0 Å². The zero-order chi connectivity index (χ0) is 13.8. The van der Waals surface area contributed by atoms with Gasteiger partial charge in [-0.2, -0.15) is 0 Å². The Bertz CT molecular complexity index is 349. The van der Waals surface area contributed by atoms with Crippen molar-refractivity contribution in [3.8, 4) is 0 Å². The lowest BCUT2D eigenvalue weighted by molar-refractivity contribution is 0.450. The molecule has 0 heterocycles. The molecule has 0 radical (unpaired) electrons. The van der Waals surface area contributed by atoms with Gasteiger partial charge in [-0.15, -0.1) is 0 Å². The molecule has 0 bridgehead atoms. The van der Waals surface area contributed by atoms with Gasteiger partial charge in [0.1, 0.15) is 0 Å². The van der Waals surface area contributed by atoms with Crippen LogP contribution in [0.4, 0.5) is 0 Å². The van der Waals surface area contributed by atoms with Crippen LogP contribution in [0.25, 0.3) is 0 Å². The molecule has 0 saturated carbocycles. The first kappa shape index (κ1) is 15.2. The number of aryl methyl sites for hydroxylation is 1. The fraction of sp³-hybridized carbons (Fsp3) is 0.647. The van der Waals surface area contributed by atoms with E-state index in [9.17, 15) is 0 Å². The largest absolute Gasteiger partial charge is 0.326 e. The molecule has 102 valence electrons. The molecule has 0 aliphatic heterocycles. The van der Waals surface area contributed by atoms with Crippen molar-refractivity contribution in [1.82, 2.24) is 0 Å². The average Bonchev–Trinajstić information content (AvgIpc) is 2.22. The van der Waals surface area contributed by atoms with E-state index in [2.05, 4.69) is 58.9 Å². The van der Waals surface area contributed by atoms with Gasteiger partial charge in [-0.1, -0.05) is 51.5 Å². The number of nitrogens with two attached hydrogens (primary N) is 1. The molecule has 1 aromatic rings. The van der Waals surface area contributed by atoms with E-state index in [4.69, 9.17) is 5.73 Å². The molecule has 1 nitrogen and oxygen atoms in total. The lowest BCUT2D eigenvalue weighted by atomic mass is 9.86. The second-order valence-corrected chi connectivity index (χ2v) is 7.14. The van der Waals surface area contributed by atoms with Crippen LogP contribution in [0.5, 0.6) is 0 Å². The predicted octanol–water partition coefficient (Wildman–Crippen LogP) is 4.43. The van der Waals surface area contributed by atoms with E-state index in [1.807, 2.05) is 0 Å². The van der Waals surface area contributed by atoms with E-state index >= 15 is 0 Å². The number of hydrogen-bond acceptors (Lipinski definition) is 1. The minimum atomic E-state index is -0.0178. The van der Waals surface area contributed by atoms with Crippen LogP contribution >= 0.6 is 0 Å². The highest BCUT2D eigenvalue weighted by Crippen LogP contribution is 2.22. The summed E-state index contributed by atoms with van der Waals surface area (Å²) >= 11 is 0. The van der Waals surface area contributed by atoms with Gasteiger partial charge >= 0.3 is 0 Å². The van der Waals surface area contributed by atoms with Crippen molar-refractivity contribution in [3.05, 3.63) is 35.4 Å². The molecule has 2 N–H and O–H groups in total. The smallest absolute Gasteiger partial charge is 0.00970 e. The first-order chi connectivity index (χ1) is 8.18. The zero-order valence-corrected chi connectivity index (χ0v) is 12.7. The van der Waals surface area contributed by atoms with E-state index in [0.29, 0.717) is 0 Å². The summed E-state index contributed by atoms with van der Waals surface area (Å²) in [7, 11) is 0. The first-order valence-electron chi connectivity index (χ1n) is 7.07. The second-order valence-electron chi connectivity index (χ2n) is 7.14. The SMILES string of the molecule is CC(C)(N)CCCCc1ccc(C(C)(C)C)cc1. The molecule has 0 fully saturated rings. The molecule has 0 aliphatic rings. The highest BCUT2D eigenvalue weighted by Gasteiger charge is 2.13. The average molecular weight is 247 g/mol. The van der Waals surface area contributed by atoms with Crippen molar-refractivity contribution in [2.75, 3.05) is 0 Å². The maximum absolute atomic E-state index is 5.98. The molecule has 1 rings (SSSR count). The van der Waals surface area contributed by atoms with E-state index in [1.165, 1.54) is 30.4 Å². The Labute approximate surface area is 113 Å². The molecule has 1 aromatic carbocycles. The number of benzene rings is 1. The van der Waals surface area contributed by atoms with E-state index in [1.54, 1.807) is 0 Å². The minimum Gasteiger partial charge on any atom is -0.326 e. The third kappa shape index (κ3) is 5.68. The Balaban J connectivity index is 2.41. The van der Waals surface area contributed by atoms with Crippen molar-refractivity contribution in [1.29, 1.82) is 0 Å². The summed E-state index contributed by atoms with van der Waals surface area (Å²) < 4.78 is 0. The molecule has 0 saturated heterocycles. The van der Waals surface area contributed by atoms with Gasteiger partial charge in [0.15, 0.2) is 0 Å². The summed E-state index contributed by atoms with van der Waals surface area (Å²) in [5.74, 6) is 0. The first-order valence-corrected chi connectivity index (χ1v) is 7.07. The monoisotopic (exact) mass is 247 g/mol. The Morgan fingerprint density at radius 2 is 1.44 bits per heavy atom. The Morgan fingerprint density at radius 3 is 1.89 bits per heavy atom. The van der Waals surface area contributed by atoms with Gasteiger partial charge in [0, 0.05) is 5.54 Å². The van der Waals surface area contributed by atoms with Crippen LogP contribution in [0.3, 0.4) is 0 Å². The molecule has 0 unspecified atom stereocenters. The fourth-order valence-electron chi connectivity index (χ4n) is 2.08. The van der Waals surface area contributed by atoms with Gasteiger partial charge in [-0.25, -0.2) is 0 Å². The van der Waals surface area contributed by atoms with Crippen LogP contribution in [-0.2, 0) is 11.8 Å². The lowest BCUT2D eigenvalue weighted by Crippen LogP contribution is -2.31. The highest BCUT2D eigenvalue weighted by molar-refractivity contribution is 5.27. The summed E-state index contributed by atoms with van der Waals surface area (Å²) in [6.07, 6.45) is 4.72. The molecular formula is C17H29N. The Morgan fingerprint density at radius 1 is 0.889 bits per heavy atom. The summed E-state index contributed by atoms with van der Waals surface area (Å²) in [6.45, 7) is 11.0. The number of unbranched alkanes of at least 4 members (excludes halogenated alkanes) is 1. The number of rotatable bonds is 5. The molecular weight excluding hydrogens is 218 g/mol. The van der Waals surface area contributed by atoms with Gasteiger partial charge in [0.05, 0.1) is 0 Å². The summed E-state index contributed by atoms with van der Waals surface area (Å²) in [6, 6.07) is 9.08. The van der Waals surface area contributed by atoms with Crippen LogP contribution in [0.1, 0.15) is 65.0 Å². The maximum atomic E-state index is 5.98. The Hall–Kier alpha value is -0.820. The van der Waals surface area contributed by atoms with Crippen molar-refractivity contribution in [2.24, 2.45) is 5.73 Å². The topological polar surface area (TPSA) is 26.0 Å². The molecule has 0 spiro atoms. The summed E-state index contributed by atoms with van der Waals surface area (Å²) in [5.41, 5.74) is 9.07. The molecule has 18 heavy (non-hydrogen) atoms. The fourth-order valence-corrected chi connectivity index (χ4v) is 2.08. The zero-order valence-electron chi connectivity index (χ0n) is 12.7. The van der Waals surface area contributed by atoms with Gasteiger partial charge < -0.3 is 5.73 Å². The van der Waals surface area contributed by atoms with Gasteiger partial charge in [0.25, 0.3) is 0 Å². The van der Waals surface area contributed by atoms with Crippen molar-refractivity contribution in [3.63, 3.8) is 0 Å². The van der Waals surface area contributed by atoms with Crippen LogP contribution in [0, 0.1) is 0 Å². The summed E-state index contributed by atoms with van der Waals surface area (Å²) in [4.78, 5) is 0. The Kier molecular flexibility index (Phi) is 4.98. The standard InChI is InChI=1S/C17H29N/c1-16(2,3)15-11-9-14(10-12-15)8-6-7-13-17(4,5)18/h9-12H,6-8,13,18H2,1-5H3. The van der Waals surface area contributed by atoms with Gasteiger partial charge in [-0.05, 0) is 49.7 Å². The maximum Gasteiger partial charge on any atom is 0.00970 e. The minimum absolute atomic E-state index is 0.0178. The third-order valence-electron chi connectivity index (χ3n) is 3.36. The van der Waals surface area contributed by atoms with Crippen molar-refractivity contribution >= 4 is 0 Å². The molecule has 0 aromatic heterocycles. The van der Waals surface area contributed by atoms with Crippen LogP contribution in [0.15, 0.2) is 24.3 Å². The lowest BCUT2D eigenvalue weighted by Gasteiger charge is -2.19. The second kappa shape index (κ2) is 5.88.